The highest BCUT2D eigenvalue weighted by molar-refractivity contribution is 6.31. The number of nitrogens with one attached hydrogen (secondary N) is 1. The molecule has 21 heavy (non-hydrogen) atoms. The maximum atomic E-state index is 6.47. The molecule has 2 rings (SSSR count). The third-order valence-corrected chi connectivity index (χ3v) is 3.85. The minimum absolute atomic E-state index is 0.0759. The fraction of sp³-hybridized carbons (Fsp3) is 0.625. The lowest BCUT2D eigenvalue weighted by atomic mass is 9.97. The molecule has 1 aromatic carbocycles. The Morgan fingerprint density at radius 1 is 1.29 bits per heavy atom. The predicted octanol–water partition coefficient (Wildman–Crippen LogP) is 3.36. The van der Waals surface area contributed by atoms with E-state index in [-0.39, 0.29) is 6.04 Å². The average Bonchev–Trinajstić information content (AvgIpc) is 2.67. The lowest BCUT2D eigenvalue weighted by Gasteiger charge is -2.24. The van der Waals surface area contributed by atoms with E-state index in [1.54, 1.807) is 0 Å². The Morgan fingerprint density at radius 2 is 2.05 bits per heavy atom. The van der Waals surface area contributed by atoms with Crippen molar-refractivity contribution in [2.24, 2.45) is 0 Å². The molecule has 1 atom stereocenters. The highest BCUT2D eigenvalue weighted by atomic mass is 35.5. The van der Waals surface area contributed by atoms with Gasteiger partial charge in [-0.15, -0.1) is 0 Å². The first kappa shape index (κ1) is 16.4. The summed E-state index contributed by atoms with van der Waals surface area (Å²) in [5.74, 6) is 1.52. The van der Waals surface area contributed by atoms with Gasteiger partial charge in [-0.05, 0) is 32.4 Å². The molecule has 4 nitrogen and oxygen atoms in total. The summed E-state index contributed by atoms with van der Waals surface area (Å²) >= 11 is 6.47. The monoisotopic (exact) mass is 313 g/mol. The van der Waals surface area contributed by atoms with Crippen molar-refractivity contribution in [1.82, 2.24) is 5.32 Å². The molecular formula is C16H24ClNO3. The Bertz CT molecular complexity index is 479. The Balaban J connectivity index is 2.57. The molecule has 0 aliphatic carbocycles. The van der Waals surface area contributed by atoms with Crippen LogP contribution < -0.4 is 14.8 Å². The SMILES string of the molecule is CCNC1COCCc2c(Cl)cc(OCC)c(OCC)c21. The molecule has 118 valence electrons. The molecule has 0 saturated carbocycles. The van der Waals surface area contributed by atoms with E-state index in [1.807, 2.05) is 19.9 Å². The van der Waals surface area contributed by atoms with Crippen LogP contribution in [0.15, 0.2) is 6.07 Å². The molecule has 0 fully saturated rings. The predicted molar refractivity (Wildman–Crippen MR) is 84.7 cm³/mol. The zero-order valence-electron chi connectivity index (χ0n) is 13.0. The van der Waals surface area contributed by atoms with Gasteiger partial charge in [-0.2, -0.15) is 0 Å². The van der Waals surface area contributed by atoms with Crippen molar-refractivity contribution >= 4 is 11.6 Å². The molecule has 0 saturated heterocycles. The van der Waals surface area contributed by atoms with Crippen LogP contribution in [0.25, 0.3) is 0 Å². The van der Waals surface area contributed by atoms with E-state index in [0.717, 1.165) is 34.9 Å². The summed E-state index contributed by atoms with van der Waals surface area (Å²) in [6.07, 6.45) is 0.794. The minimum atomic E-state index is 0.0759. The number of fused-ring (bicyclic) bond motifs is 1. The van der Waals surface area contributed by atoms with Gasteiger partial charge in [-0.3, -0.25) is 0 Å². The van der Waals surface area contributed by atoms with Gasteiger partial charge in [0.25, 0.3) is 0 Å². The Hall–Kier alpha value is -0.970. The average molecular weight is 314 g/mol. The number of hydrogen-bond donors (Lipinski definition) is 1. The molecule has 0 spiro atoms. The summed E-state index contributed by atoms with van der Waals surface area (Å²) < 4.78 is 17.3. The van der Waals surface area contributed by atoms with Gasteiger partial charge in [-0.25, -0.2) is 0 Å². The van der Waals surface area contributed by atoms with Crippen molar-refractivity contribution in [2.75, 3.05) is 33.0 Å². The molecule has 1 aromatic rings. The smallest absolute Gasteiger partial charge is 0.166 e. The van der Waals surface area contributed by atoms with E-state index < -0.39 is 0 Å². The Labute approximate surface area is 131 Å². The van der Waals surface area contributed by atoms with Gasteiger partial charge in [0.15, 0.2) is 11.5 Å². The van der Waals surface area contributed by atoms with Crippen LogP contribution in [0.2, 0.25) is 5.02 Å². The maximum absolute atomic E-state index is 6.47. The minimum Gasteiger partial charge on any atom is -0.490 e. The van der Waals surface area contributed by atoms with E-state index in [1.165, 1.54) is 0 Å². The fourth-order valence-corrected chi connectivity index (χ4v) is 3.01. The van der Waals surface area contributed by atoms with Gasteiger partial charge < -0.3 is 19.5 Å². The van der Waals surface area contributed by atoms with Crippen LogP contribution in [-0.2, 0) is 11.2 Å². The lowest BCUT2D eigenvalue weighted by molar-refractivity contribution is 0.121. The number of rotatable bonds is 6. The van der Waals surface area contributed by atoms with Gasteiger partial charge in [0, 0.05) is 16.7 Å². The van der Waals surface area contributed by atoms with Crippen LogP contribution in [0.5, 0.6) is 11.5 Å². The number of likely N-dealkylation sites (N-methyl/N-ethyl adjacent to an activating group) is 1. The second kappa shape index (κ2) is 7.87. The van der Waals surface area contributed by atoms with Crippen LogP contribution >= 0.6 is 11.6 Å². The largest absolute Gasteiger partial charge is 0.490 e. The number of halogens is 1. The number of benzene rings is 1. The van der Waals surface area contributed by atoms with Crippen molar-refractivity contribution in [2.45, 2.75) is 33.2 Å². The lowest BCUT2D eigenvalue weighted by Crippen LogP contribution is -2.25. The summed E-state index contributed by atoms with van der Waals surface area (Å²) in [5.41, 5.74) is 2.19. The zero-order valence-corrected chi connectivity index (χ0v) is 13.8. The quantitative estimate of drug-likeness (QED) is 0.874. The van der Waals surface area contributed by atoms with Crippen LogP contribution in [0.4, 0.5) is 0 Å². The second-order valence-corrected chi connectivity index (χ2v) is 5.29. The molecule has 0 amide bonds. The van der Waals surface area contributed by atoms with Crippen LogP contribution in [0.3, 0.4) is 0 Å². The third kappa shape index (κ3) is 3.62. The molecule has 0 aromatic heterocycles. The summed E-state index contributed by atoms with van der Waals surface area (Å²) in [4.78, 5) is 0. The molecule has 1 heterocycles. The summed E-state index contributed by atoms with van der Waals surface area (Å²) in [7, 11) is 0. The first-order chi connectivity index (χ1) is 10.2. The molecule has 1 aliphatic heterocycles. The molecule has 0 radical (unpaired) electrons. The summed E-state index contributed by atoms with van der Waals surface area (Å²) in [6.45, 7) is 9.34. The van der Waals surface area contributed by atoms with E-state index in [9.17, 15) is 0 Å². The van der Waals surface area contributed by atoms with Crippen molar-refractivity contribution in [3.8, 4) is 11.5 Å². The van der Waals surface area contributed by atoms with Gasteiger partial charge in [0.05, 0.1) is 32.5 Å². The van der Waals surface area contributed by atoms with Crippen LogP contribution in [-0.4, -0.2) is 33.0 Å². The van der Waals surface area contributed by atoms with Crippen LogP contribution in [0.1, 0.15) is 37.9 Å². The van der Waals surface area contributed by atoms with E-state index in [4.69, 9.17) is 25.8 Å². The number of hydrogen-bond acceptors (Lipinski definition) is 4. The van der Waals surface area contributed by atoms with Crippen LogP contribution in [0, 0.1) is 0 Å². The maximum Gasteiger partial charge on any atom is 0.166 e. The van der Waals surface area contributed by atoms with Crippen molar-refractivity contribution in [3.05, 3.63) is 22.2 Å². The van der Waals surface area contributed by atoms with E-state index >= 15 is 0 Å². The molecule has 1 N–H and O–H groups in total. The van der Waals surface area contributed by atoms with Gasteiger partial charge >= 0.3 is 0 Å². The van der Waals surface area contributed by atoms with Crippen molar-refractivity contribution < 1.29 is 14.2 Å². The number of ether oxygens (including phenoxy) is 3. The molecule has 1 aliphatic rings. The fourth-order valence-electron chi connectivity index (χ4n) is 2.71. The second-order valence-electron chi connectivity index (χ2n) is 4.88. The summed E-state index contributed by atoms with van der Waals surface area (Å²) in [6, 6.07) is 1.94. The van der Waals surface area contributed by atoms with E-state index in [0.29, 0.717) is 32.2 Å². The third-order valence-electron chi connectivity index (χ3n) is 3.51. The topological polar surface area (TPSA) is 39.7 Å². The first-order valence-electron chi connectivity index (χ1n) is 7.64. The molecular weight excluding hydrogens is 290 g/mol. The Kier molecular flexibility index (Phi) is 6.15. The van der Waals surface area contributed by atoms with Crippen molar-refractivity contribution in [3.63, 3.8) is 0 Å². The first-order valence-corrected chi connectivity index (χ1v) is 8.02. The normalized spacial score (nSPS) is 18.0. The van der Waals surface area contributed by atoms with E-state index in [2.05, 4.69) is 12.2 Å². The van der Waals surface area contributed by atoms with Gasteiger partial charge in [0.2, 0.25) is 0 Å². The summed E-state index contributed by atoms with van der Waals surface area (Å²) in [5, 5.41) is 4.18. The zero-order chi connectivity index (χ0) is 15.2. The molecule has 5 heteroatoms. The highest BCUT2D eigenvalue weighted by Crippen LogP contribution is 2.43. The van der Waals surface area contributed by atoms with Crippen molar-refractivity contribution in [1.29, 1.82) is 0 Å². The Morgan fingerprint density at radius 3 is 2.71 bits per heavy atom. The molecule has 0 bridgehead atoms. The molecule has 1 unspecified atom stereocenters. The standard InChI is InChI=1S/C16H24ClNO3/c1-4-18-13-10-19-8-7-11-12(17)9-14(20-5-2)16(15(11)13)21-6-3/h9,13,18H,4-8,10H2,1-3H3. The highest BCUT2D eigenvalue weighted by Gasteiger charge is 2.27. The van der Waals surface area contributed by atoms with Gasteiger partial charge in [-0.1, -0.05) is 18.5 Å². The van der Waals surface area contributed by atoms with Gasteiger partial charge in [0.1, 0.15) is 0 Å².